The summed E-state index contributed by atoms with van der Waals surface area (Å²) in [7, 11) is 0. The van der Waals surface area contributed by atoms with E-state index in [9.17, 15) is 0 Å². The van der Waals surface area contributed by atoms with Gasteiger partial charge in [0, 0.05) is 18.2 Å². The van der Waals surface area contributed by atoms with Crippen molar-refractivity contribution >= 4 is 0 Å². The minimum Gasteiger partial charge on any atom is -0.489 e. The quantitative estimate of drug-likeness (QED) is 0.858. The molecule has 1 aliphatic heterocycles. The van der Waals surface area contributed by atoms with Crippen molar-refractivity contribution in [1.29, 1.82) is 0 Å². The van der Waals surface area contributed by atoms with Gasteiger partial charge in [-0.1, -0.05) is 55.5 Å². The molecule has 0 aromatic heterocycles. The van der Waals surface area contributed by atoms with Gasteiger partial charge in [0.25, 0.3) is 0 Å². The molecule has 3 nitrogen and oxygen atoms in total. The summed E-state index contributed by atoms with van der Waals surface area (Å²) in [4.78, 5) is 0. The normalized spacial score (nSPS) is 21.1. The van der Waals surface area contributed by atoms with Gasteiger partial charge in [-0.3, -0.25) is 0 Å². The van der Waals surface area contributed by atoms with Crippen molar-refractivity contribution in [1.82, 2.24) is 10.6 Å². The smallest absolute Gasteiger partial charge is 0.124 e. The molecule has 2 N–H and O–H groups in total. The molecule has 0 saturated carbocycles. The SMILES string of the molecule is CC1CNCCC1NCc1ccccc1OCc1ccccc1. The minimum absolute atomic E-state index is 0.582. The Kier molecular flexibility index (Phi) is 5.67. The van der Waals surface area contributed by atoms with Crippen LogP contribution in [0.1, 0.15) is 24.5 Å². The third-order valence-corrected chi connectivity index (χ3v) is 4.55. The van der Waals surface area contributed by atoms with Gasteiger partial charge in [0.2, 0.25) is 0 Å². The fraction of sp³-hybridized carbons (Fsp3) is 0.400. The van der Waals surface area contributed by atoms with Crippen LogP contribution in [0.3, 0.4) is 0 Å². The first-order valence-corrected chi connectivity index (χ1v) is 8.51. The van der Waals surface area contributed by atoms with Gasteiger partial charge in [0.1, 0.15) is 12.4 Å². The second kappa shape index (κ2) is 8.14. The molecule has 1 fully saturated rings. The monoisotopic (exact) mass is 310 g/mol. The zero-order valence-corrected chi connectivity index (χ0v) is 13.8. The number of hydrogen-bond donors (Lipinski definition) is 2. The lowest BCUT2D eigenvalue weighted by atomic mass is 9.95. The van der Waals surface area contributed by atoms with Gasteiger partial charge in [-0.15, -0.1) is 0 Å². The van der Waals surface area contributed by atoms with Gasteiger partial charge in [0.05, 0.1) is 0 Å². The van der Waals surface area contributed by atoms with Gasteiger partial charge in [0.15, 0.2) is 0 Å². The summed E-state index contributed by atoms with van der Waals surface area (Å²) in [6.45, 7) is 5.99. The highest BCUT2D eigenvalue weighted by molar-refractivity contribution is 5.33. The fourth-order valence-electron chi connectivity index (χ4n) is 3.08. The number of hydrogen-bond acceptors (Lipinski definition) is 3. The lowest BCUT2D eigenvalue weighted by Gasteiger charge is -2.30. The van der Waals surface area contributed by atoms with Crippen molar-refractivity contribution in [3.05, 3.63) is 65.7 Å². The number of piperidine rings is 1. The van der Waals surface area contributed by atoms with Crippen molar-refractivity contribution in [2.24, 2.45) is 5.92 Å². The maximum Gasteiger partial charge on any atom is 0.124 e. The minimum atomic E-state index is 0.582. The lowest BCUT2D eigenvalue weighted by molar-refractivity contribution is 0.285. The third-order valence-electron chi connectivity index (χ3n) is 4.55. The Balaban J connectivity index is 1.59. The zero-order chi connectivity index (χ0) is 15.9. The Hall–Kier alpha value is -1.84. The Morgan fingerprint density at radius 3 is 2.70 bits per heavy atom. The summed E-state index contributed by atoms with van der Waals surface area (Å²) >= 11 is 0. The van der Waals surface area contributed by atoms with E-state index < -0.39 is 0 Å². The van der Waals surface area contributed by atoms with Crippen molar-refractivity contribution in [2.45, 2.75) is 32.5 Å². The van der Waals surface area contributed by atoms with Gasteiger partial charge in [-0.05, 0) is 37.1 Å². The van der Waals surface area contributed by atoms with Crippen LogP contribution in [0.15, 0.2) is 54.6 Å². The number of nitrogens with one attached hydrogen (secondary N) is 2. The van der Waals surface area contributed by atoms with Gasteiger partial charge in [-0.25, -0.2) is 0 Å². The van der Waals surface area contributed by atoms with Gasteiger partial charge in [-0.2, -0.15) is 0 Å². The van der Waals surface area contributed by atoms with Gasteiger partial charge < -0.3 is 15.4 Å². The van der Waals surface area contributed by atoms with Crippen LogP contribution in [0.2, 0.25) is 0 Å². The predicted octanol–water partition coefficient (Wildman–Crippen LogP) is 3.35. The van der Waals surface area contributed by atoms with E-state index >= 15 is 0 Å². The molecule has 1 saturated heterocycles. The van der Waals surface area contributed by atoms with Crippen molar-refractivity contribution in [3.8, 4) is 5.75 Å². The van der Waals surface area contributed by atoms with E-state index in [1.54, 1.807) is 0 Å². The molecule has 0 spiro atoms. The van der Waals surface area contributed by atoms with Crippen LogP contribution in [0.25, 0.3) is 0 Å². The average molecular weight is 310 g/mol. The molecule has 0 aliphatic carbocycles. The van der Waals surface area contributed by atoms with Crippen molar-refractivity contribution in [2.75, 3.05) is 13.1 Å². The molecule has 122 valence electrons. The molecule has 0 radical (unpaired) electrons. The molecule has 2 aromatic rings. The van der Waals surface area contributed by atoms with E-state index in [2.05, 4.69) is 47.9 Å². The summed E-state index contributed by atoms with van der Waals surface area (Å²) in [5.41, 5.74) is 2.43. The average Bonchev–Trinajstić information content (AvgIpc) is 2.61. The van der Waals surface area contributed by atoms with E-state index in [4.69, 9.17) is 4.74 Å². The summed E-state index contributed by atoms with van der Waals surface area (Å²) in [6, 6.07) is 19.2. The Bertz CT molecular complexity index is 600. The summed E-state index contributed by atoms with van der Waals surface area (Å²) in [5, 5.41) is 7.15. The molecule has 0 bridgehead atoms. The maximum absolute atomic E-state index is 6.04. The lowest BCUT2D eigenvalue weighted by Crippen LogP contribution is -2.46. The van der Waals surface area contributed by atoms with Crippen LogP contribution >= 0.6 is 0 Å². The number of para-hydroxylation sites is 1. The third kappa shape index (κ3) is 4.57. The maximum atomic E-state index is 6.04. The highest BCUT2D eigenvalue weighted by atomic mass is 16.5. The fourth-order valence-corrected chi connectivity index (χ4v) is 3.08. The standard InChI is InChI=1S/C20H26N2O/c1-16-13-21-12-11-19(16)22-14-18-9-5-6-10-20(18)23-15-17-7-3-2-4-8-17/h2-10,16,19,21-22H,11-15H2,1H3. The number of rotatable bonds is 6. The van der Waals surface area contributed by atoms with Crippen molar-refractivity contribution in [3.63, 3.8) is 0 Å². The molecule has 2 unspecified atom stereocenters. The predicted molar refractivity (Wildman–Crippen MR) is 94.5 cm³/mol. The first kappa shape index (κ1) is 16.0. The summed E-state index contributed by atoms with van der Waals surface area (Å²) in [6.07, 6.45) is 1.19. The molecule has 0 amide bonds. The molecular weight excluding hydrogens is 284 g/mol. The topological polar surface area (TPSA) is 33.3 Å². The van der Waals surface area contributed by atoms with Crippen LogP contribution < -0.4 is 15.4 Å². The van der Waals surface area contributed by atoms with E-state index in [-0.39, 0.29) is 0 Å². The Labute approximate surface area is 139 Å². The van der Waals surface area contributed by atoms with Crippen LogP contribution in [-0.4, -0.2) is 19.1 Å². The highest BCUT2D eigenvalue weighted by Crippen LogP contribution is 2.20. The van der Waals surface area contributed by atoms with E-state index in [1.807, 2.05) is 24.3 Å². The molecule has 3 rings (SSSR count). The molecule has 23 heavy (non-hydrogen) atoms. The van der Waals surface area contributed by atoms with Crippen LogP contribution in [0.4, 0.5) is 0 Å². The molecule has 3 heteroatoms. The van der Waals surface area contributed by atoms with E-state index in [0.717, 1.165) is 25.4 Å². The van der Waals surface area contributed by atoms with Crippen LogP contribution in [0, 0.1) is 5.92 Å². The van der Waals surface area contributed by atoms with Crippen LogP contribution in [0.5, 0.6) is 5.75 Å². The van der Waals surface area contributed by atoms with Crippen molar-refractivity contribution < 1.29 is 4.74 Å². The van der Waals surface area contributed by atoms with E-state index in [0.29, 0.717) is 18.6 Å². The van der Waals surface area contributed by atoms with Crippen LogP contribution in [-0.2, 0) is 13.2 Å². The first-order chi connectivity index (χ1) is 11.3. The Morgan fingerprint density at radius 1 is 1.09 bits per heavy atom. The summed E-state index contributed by atoms with van der Waals surface area (Å²) < 4.78 is 6.04. The largest absolute Gasteiger partial charge is 0.489 e. The molecule has 2 atom stereocenters. The number of benzene rings is 2. The van der Waals surface area contributed by atoms with E-state index in [1.165, 1.54) is 17.5 Å². The molecule has 1 aliphatic rings. The number of ether oxygens (including phenoxy) is 1. The first-order valence-electron chi connectivity index (χ1n) is 8.51. The molecular formula is C20H26N2O. The second-order valence-electron chi connectivity index (χ2n) is 6.34. The highest BCUT2D eigenvalue weighted by Gasteiger charge is 2.20. The Morgan fingerprint density at radius 2 is 1.87 bits per heavy atom. The second-order valence-corrected chi connectivity index (χ2v) is 6.34. The summed E-state index contributed by atoms with van der Waals surface area (Å²) in [5.74, 6) is 1.64. The zero-order valence-electron chi connectivity index (χ0n) is 13.8. The molecule has 1 heterocycles. The van der Waals surface area contributed by atoms with Gasteiger partial charge >= 0.3 is 0 Å². The molecule has 2 aromatic carbocycles.